The van der Waals surface area contributed by atoms with E-state index in [1.165, 1.54) is 0 Å². The summed E-state index contributed by atoms with van der Waals surface area (Å²) in [5, 5.41) is 12.1. The van der Waals surface area contributed by atoms with Gasteiger partial charge >= 0.3 is 0 Å². The molecular formula is C8H15NO. The maximum atomic E-state index is 9.05. The first kappa shape index (κ1) is 9.48. The molecule has 0 radical (unpaired) electrons. The van der Waals surface area contributed by atoms with Gasteiger partial charge < -0.3 is 10.4 Å². The predicted octanol–water partition coefficient (Wildman–Crippen LogP) is 0.370. The fourth-order valence-electron chi connectivity index (χ4n) is 0.534. The zero-order chi connectivity index (χ0) is 7.82. The van der Waals surface area contributed by atoms with Crippen molar-refractivity contribution in [2.45, 2.75) is 26.4 Å². The Bertz CT molecular complexity index is 123. The first-order valence-electron chi connectivity index (χ1n) is 3.59. The number of hydrogen-bond acceptors (Lipinski definition) is 2. The third-order valence-corrected chi connectivity index (χ3v) is 1.24. The number of aliphatic hydroxyl groups excluding tert-OH is 1. The van der Waals surface area contributed by atoms with E-state index in [0.29, 0.717) is 13.1 Å². The van der Waals surface area contributed by atoms with Gasteiger partial charge in [-0.3, -0.25) is 0 Å². The van der Waals surface area contributed by atoms with E-state index in [9.17, 15) is 0 Å². The molecule has 0 fully saturated rings. The Kier molecular flexibility index (Phi) is 6.25. The monoisotopic (exact) mass is 141 g/mol. The molecule has 0 amide bonds. The Hall–Kier alpha value is -0.520. The van der Waals surface area contributed by atoms with Crippen LogP contribution in [0.3, 0.4) is 0 Å². The van der Waals surface area contributed by atoms with Gasteiger partial charge in [0.25, 0.3) is 0 Å². The molecule has 10 heavy (non-hydrogen) atoms. The highest BCUT2D eigenvalue weighted by molar-refractivity contribution is 4.96. The van der Waals surface area contributed by atoms with Crippen LogP contribution in [0.2, 0.25) is 0 Å². The number of aliphatic hydroxyl groups is 1. The lowest BCUT2D eigenvalue weighted by Crippen LogP contribution is -2.26. The molecule has 0 aliphatic carbocycles. The van der Waals surface area contributed by atoms with Gasteiger partial charge in [-0.25, -0.2) is 0 Å². The van der Waals surface area contributed by atoms with Gasteiger partial charge in [0, 0.05) is 6.54 Å². The minimum Gasteiger partial charge on any atom is -0.392 e. The van der Waals surface area contributed by atoms with Crippen LogP contribution in [-0.4, -0.2) is 24.3 Å². The van der Waals surface area contributed by atoms with E-state index in [2.05, 4.69) is 17.2 Å². The second-order valence-corrected chi connectivity index (χ2v) is 2.12. The van der Waals surface area contributed by atoms with Gasteiger partial charge in [0.15, 0.2) is 0 Å². The molecule has 2 N–H and O–H groups in total. The van der Waals surface area contributed by atoms with Gasteiger partial charge in [-0.1, -0.05) is 12.8 Å². The molecule has 0 saturated carbocycles. The van der Waals surface area contributed by atoms with Crippen LogP contribution in [0.4, 0.5) is 0 Å². The van der Waals surface area contributed by atoms with Crippen molar-refractivity contribution < 1.29 is 5.11 Å². The summed E-state index contributed by atoms with van der Waals surface area (Å²) in [7, 11) is 0. The summed E-state index contributed by atoms with van der Waals surface area (Å²) in [5.41, 5.74) is 0. The summed E-state index contributed by atoms with van der Waals surface area (Å²) in [6.45, 7) is 5.08. The lowest BCUT2D eigenvalue weighted by molar-refractivity contribution is 0.169. The summed E-state index contributed by atoms with van der Waals surface area (Å²) in [4.78, 5) is 0. The SMILES string of the molecule is CC#CCNC[C@H](O)CC. The summed E-state index contributed by atoms with van der Waals surface area (Å²) in [6.07, 6.45) is 0.575. The van der Waals surface area contributed by atoms with Crippen molar-refractivity contribution in [3.05, 3.63) is 0 Å². The molecule has 2 nitrogen and oxygen atoms in total. The first-order chi connectivity index (χ1) is 4.81. The lowest BCUT2D eigenvalue weighted by atomic mass is 10.3. The summed E-state index contributed by atoms with van der Waals surface area (Å²) >= 11 is 0. The molecule has 0 aliphatic rings. The highest BCUT2D eigenvalue weighted by Crippen LogP contribution is 1.84. The van der Waals surface area contributed by atoms with Crippen LogP contribution >= 0.6 is 0 Å². The number of hydrogen-bond donors (Lipinski definition) is 2. The normalized spacial score (nSPS) is 11.9. The molecule has 0 unspecified atom stereocenters. The Morgan fingerprint density at radius 3 is 2.80 bits per heavy atom. The van der Waals surface area contributed by atoms with Crippen LogP contribution < -0.4 is 5.32 Å². The van der Waals surface area contributed by atoms with E-state index in [1.807, 2.05) is 6.92 Å². The van der Waals surface area contributed by atoms with E-state index in [-0.39, 0.29) is 6.10 Å². The highest BCUT2D eigenvalue weighted by Gasteiger charge is 1.96. The fourth-order valence-corrected chi connectivity index (χ4v) is 0.534. The molecule has 0 heterocycles. The minimum absolute atomic E-state index is 0.223. The van der Waals surface area contributed by atoms with Crippen molar-refractivity contribution in [2.75, 3.05) is 13.1 Å². The van der Waals surface area contributed by atoms with Gasteiger partial charge in [0.05, 0.1) is 12.6 Å². The van der Waals surface area contributed by atoms with Crippen LogP contribution in [0.25, 0.3) is 0 Å². The topological polar surface area (TPSA) is 32.3 Å². The van der Waals surface area contributed by atoms with Crippen molar-refractivity contribution in [3.8, 4) is 11.8 Å². The zero-order valence-electron chi connectivity index (χ0n) is 6.65. The van der Waals surface area contributed by atoms with Gasteiger partial charge in [-0.05, 0) is 13.3 Å². The fraction of sp³-hybridized carbons (Fsp3) is 0.750. The largest absolute Gasteiger partial charge is 0.392 e. The second kappa shape index (κ2) is 6.60. The smallest absolute Gasteiger partial charge is 0.0662 e. The van der Waals surface area contributed by atoms with Crippen molar-refractivity contribution in [2.24, 2.45) is 0 Å². The summed E-state index contributed by atoms with van der Waals surface area (Å²) < 4.78 is 0. The average molecular weight is 141 g/mol. The average Bonchev–Trinajstić information content (AvgIpc) is 1.98. The Balaban J connectivity index is 3.08. The quantitative estimate of drug-likeness (QED) is 0.438. The van der Waals surface area contributed by atoms with Gasteiger partial charge in [0.2, 0.25) is 0 Å². The Morgan fingerprint density at radius 2 is 2.30 bits per heavy atom. The van der Waals surface area contributed by atoms with E-state index >= 15 is 0 Å². The molecule has 0 spiro atoms. The van der Waals surface area contributed by atoms with Gasteiger partial charge in [0.1, 0.15) is 0 Å². The molecule has 0 bridgehead atoms. The summed E-state index contributed by atoms with van der Waals surface area (Å²) in [5.74, 6) is 5.62. The van der Waals surface area contributed by atoms with Gasteiger partial charge in [-0.2, -0.15) is 0 Å². The first-order valence-corrected chi connectivity index (χ1v) is 3.59. The van der Waals surface area contributed by atoms with Crippen LogP contribution in [0.1, 0.15) is 20.3 Å². The second-order valence-electron chi connectivity index (χ2n) is 2.12. The van der Waals surface area contributed by atoms with E-state index < -0.39 is 0 Å². The third-order valence-electron chi connectivity index (χ3n) is 1.24. The standard InChI is InChI=1S/C8H15NO/c1-3-5-6-9-7-8(10)4-2/h8-10H,4,6-7H2,1-2H3/t8-/m1/s1. The molecular weight excluding hydrogens is 126 g/mol. The molecule has 0 aromatic carbocycles. The Labute approximate surface area is 62.6 Å². The maximum absolute atomic E-state index is 9.05. The molecule has 0 aromatic rings. The summed E-state index contributed by atoms with van der Waals surface area (Å²) in [6, 6.07) is 0. The van der Waals surface area contributed by atoms with Crippen LogP contribution in [0.5, 0.6) is 0 Å². The van der Waals surface area contributed by atoms with Crippen molar-refractivity contribution in [3.63, 3.8) is 0 Å². The third kappa shape index (κ3) is 5.61. The molecule has 0 saturated heterocycles. The van der Waals surface area contributed by atoms with Crippen LogP contribution in [0.15, 0.2) is 0 Å². The maximum Gasteiger partial charge on any atom is 0.0662 e. The zero-order valence-corrected chi connectivity index (χ0v) is 6.65. The Morgan fingerprint density at radius 1 is 1.60 bits per heavy atom. The molecule has 58 valence electrons. The number of rotatable bonds is 4. The van der Waals surface area contributed by atoms with Crippen molar-refractivity contribution >= 4 is 0 Å². The van der Waals surface area contributed by atoms with E-state index in [1.54, 1.807) is 6.92 Å². The number of nitrogens with one attached hydrogen (secondary N) is 1. The van der Waals surface area contributed by atoms with Crippen LogP contribution in [-0.2, 0) is 0 Å². The molecule has 2 heteroatoms. The van der Waals surface area contributed by atoms with Gasteiger partial charge in [-0.15, -0.1) is 5.92 Å². The minimum atomic E-state index is -0.223. The van der Waals surface area contributed by atoms with Crippen LogP contribution in [0, 0.1) is 11.8 Å². The van der Waals surface area contributed by atoms with Crippen molar-refractivity contribution in [1.82, 2.24) is 5.32 Å². The predicted molar refractivity (Wildman–Crippen MR) is 42.6 cm³/mol. The molecule has 0 rings (SSSR count). The van der Waals surface area contributed by atoms with E-state index in [4.69, 9.17) is 5.11 Å². The van der Waals surface area contributed by atoms with Crippen molar-refractivity contribution in [1.29, 1.82) is 0 Å². The van der Waals surface area contributed by atoms with E-state index in [0.717, 1.165) is 6.42 Å². The molecule has 0 aliphatic heterocycles. The highest BCUT2D eigenvalue weighted by atomic mass is 16.3. The lowest BCUT2D eigenvalue weighted by Gasteiger charge is -2.05. The molecule has 0 aromatic heterocycles. The molecule has 1 atom stereocenters.